The van der Waals surface area contributed by atoms with Gasteiger partial charge in [-0.25, -0.2) is 4.68 Å². The van der Waals surface area contributed by atoms with Gasteiger partial charge >= 0.3 is 0 Å². The van der Waals surface area contributed by atoms with Crippen LogP contribution in [0.1, 0.15) is 55.6 Å². The van der Waals surface area contributed by atoms with E-state index < -0.39 is 5.54 Å². The van der Waals surface area contributed by atoms with E-state index in [1.807, 2.05) is 23.8 Å². The predicted octanol–water partition coefficient (Wildman–Crippen LogP) is 3.33. The van der Waals surface area contributed by atoms with Crippen LogP contribution in [0.4, 0.5) is 0 Å². The summed E-state index contributed by atoms with van der Waals surface area (Å²) < 4.78 is 1.52. The lowest BCUT2D eigenvalue weighted by molar-refractivity contribution is 0.0813. The fourth-order valence-corrected chi connectivity index (χ4v) is 4.24. The van der Waals surface area contributed by atoms with Crippen molar-refractivity contribution in [3.05, 3.63) is 34.3 Å². The largest absolute Gasteiger partial charge is 0.341 e. The molecule has 132 valence electrons. The Kier molecular flexibility index (Phi) is 5.19. The van der Waals surface area contributed by atoms with E-state index in [4.69, 9.17) is 5.26 Å². The summed E-state index contributed by atoms with van der Waals surface area (Å²) in [6.45, 7) is 4.47. The maximum atomic E-state index is 12.7. The van der Waals surface area contributed by atoms with E-state index in [0.717, 1.165) is 37.3 Å². The zero-order valence-corrected chi connectivity index (χ0v) is 15.4. The third-order valence-electron chi connectivity index (χ3n) is 5.29. The van der Waals surface area contributed by atoms with Crippen LogP contribution in [0.15, 0.2) is 23.0 Å². The summed E-state index contributed by atoms with van der Waals surface area (Å²) in [7, 11) is 0. The van der Waals surface area contributed by atoms with E-state index >= 15 is 0 Å². The molecule has 0 radical (unpaired) electrons. The van der Waals surface area contributed by atoms with E-state index in [1.54, 1.807) is 6.20 Å². The Bertz CT molecular complexity index is 755. The Morgan fingerprint density at radius 2 is 2.24 bits per heavy atom. The van der Waals surface area contributed by atoms with E-state index in [-0.39, 0.29) is 12.5 Å². The highest BCUT2D eigenvalue weighted by atomic mass is 32.1. The highest BCUT2D eigenvalue weighted by molar-refractivity contribution is 7.08. The Morgan fingerprint density at radius 1 is 1.48 bits per heavy atom. The van der Waals surface area contributed by atoms with Gasteiger partial charge in [0.15, 0.2) is 0 Å². The van der Waals surface area contributed by atoms with Gasteiger partial charge in [-0.3, -0.25) is 4.79 Å². The summed E-state index contributed by atoms with van der Waals surface area (Å²) in [6, 6.07) is 3.90. The number of carbonyl (C=O) groups is 1. The monoisotopic (exact) mass is 357 g/mol. The maximum absolute atomic E-state index is 12.7. The standard InChI is InChI=1S/C18H23N5OS/c1-13-3-5-15(6-4-13)18(2,16-11-23(9-8-19)22-21-16)20-17(24)14-7-10-25-12-14/h7,10-13,15H,3-6,9H2,1-2H3,(H,20,24)/t13?,15?,18-/m0/s1. The molecule has 0 spiro atoms. The number of nitrogens with one attached hydrogen (secondary N) is 1. The average Bonchev–Trinajstić information content (AvgIpc) is 3.27. The van der Waals surface area contributed by atoms with Crippen LogP contribution in [0.3, 0.4) is 0 Å². The summed E-state index contributed by atoms with van der Waals surface area (Å²) in [6.07, 6.45) is 6.19. The lowest BCUT2D eigenvalue weighted by atomic mass is 9.71. The van der Waals surface area contributed by atoms with E-state index in [9.17, 15) is 4.79 Å². The molecule has 0 aliphatic heterocycles. The highest BCUT2D eigenvalue weighted by Gasteiger charge is 2.41. The van der Waals surface area contributed by atoms with Crippen molar-refractivity contribution in [3.63, 3.8) is 0 Å². The molecule has 6 nitrogen and oxygen atoms in total. The molecule has 25 heavy (non-hydrogen) atoms. The van der Waals surface area contributed by atoms with Gasteiger partial charge in [0.25, 0.3) is 5.91 Å². The van der Waals surface area contributed by atoms with Gasteiger partial charge in [-0.15, -0.1) is 5.10 Å². The van der Waals surface area contributed by atoms with Gasteiger partial charge in [0.05, 0.1) is 23.4 Å². The third kappa shape index (κ3) is 3.74. The van der Waals surface area contributed by atoms with Crippen LogP contribution in [-0.2, 0) is 12.1 Å². The summed E-state index contributed by atoms with van der Waals surface area (Å²) >= 11 is 1.51. The zero-order valence-electron chi connectivity index (χ0n) is 14.6. The third-order valence-corrected chi connectivity index (χ3v) is 5.98. The van der Waals surface area contributed by atoms with Crippen LogP contribution >= 0.6 is 11.3 Å². The molecule has 1 aliphatic rings. The van der Waals surface area contributed by atoms with Crippen molar-refractivity contribution >= 4 is 17.2 Å². The molecule has 0 unspecified atom stereocenters. The van der Waals surface area contributed by atoms with Crippen molar-refractivity contribution in [3.8, 4) is 6.07 Å². The zero-order chi connectivity index (χ0) is 17.9. The van der Waals surface area contributed by atoms with Crippen molar-refractivity contribution in [2.45, 2.75) is 51.6 Å². The number of thiophene rings is 1. The first kappa shape index (κ1) is 17.6. The first-order valence-corrected chi connectivity index (χ1v) is 9.59. The second kappa shape index (κ2) is 7.36. The smallest absolute Gasteiger partial charge is 0.252 e. The van der Waals surface area contributed by atoms with Gasteiger partial charge in [-0.1, -0.05) is 25.0 Å². The van der Waals surface area contributed by atoms with E-state index in [2.05, 4.69) is 28.6 Å². The van der Waals surface area contributed by atoms with Crippen molar-refractivity contribution in [1.82, 2.24) is 20.3 Å². The minimum absolute atomic E-state index is 0.0859. The molecule has 0 aromatic carbocycles. The van der Waals surface area contributed by atoms with Gasteiger partial charge < -0.3 is 5.32 Å². The van der Waals surface area contributed by atoms with Crippen LogP contribution in [0.5, 0.6) is 0 Å². The molecule has 3 rings (SSSR count). The minimum Gasteiger partial charge on any atom is -0.341 e. The number of amides is 1. The van der Waals surface area contributed by atoms with Crippen molar-refractivity contribution in [1.29, 1.82) is 5.26 Å². The number of hydrogen-bond donors (Lipinski definition) is 1. The van der Waals surface area contributed by atoms with Crippen LogP contribution in [0.25, 0.3) is 0 Å². The lowest BCUT2D eigenvalue weighted by Gasteiger charge is -2.40. The van der Waals surface area contributed by atoms with Crippen molar-refractivity contribution < 1.29 is 4.79 Å². The summed E-state index contributed by atoms with van der Waals surface area (Å²) in [5.41, 5.74) is 0.808. The second-order valence-electron chi connectivity index (χ2n) is 7.08. The summed E-state index contributed by atoms with van der Waals surface area (Å²) in [5.74, 6) is 0.943. The number of nitriles is 1. The average molecular weight is 357 g/mol. The number of nitrogens with zero attached hydrogens (tertiary/aromatic N) is 4. The fraction of sp³-hybridized carbons (Fsp3) is 0.556. The molecule has 1 fully saturated rings. The lowest BCUT2D eigenvalue weighted by Crippen LogP contribution is -2.50. The molecular weight excluding hydrogens is 334 g/mol. The molecule has 1 saturated carbocycles. The van der Waals surface area contributed by atoms with Crippen molar-refractivity contribution in [2.75, 3.05) is 0 Å². The molecule has 0 bridgehead atoms. The van der Waals surface area contributed by atoms with Gasteiger partial charge in [0, 0.05) is 5.38 Å². The number of carbonyl (C=O) groups excluding carboxylic acids is 1. The summed E-state index contributed by atoms with van der Waals surface area (Å²) in [4.78, 5) is 12.7. The molecule has 2 heterocycles. The Hall–Kier alpha value is -2.20. The van der Waals surface area contributed by atoms with E-state index in [0.29, 0.717) is 11.5 Å². The maximum Gasteiger partial charge on any atom is 0.252 e. The molecule has 1 N–H and O–H groups in total. The fourth-order valence-electron chi connectivity index (χ4n) is 3.60. The molecule has 1 aliphatic carbocycles. The normalized spacial score (nSPS) is 22.8. The molecule has 2 aromatic heterocycles. The van der Waals surface area contributed by atoms with Crippen LogP contribution in [-0.4, -0.2) is 20.9 Å². The molecule has 0 saturated heterocycles. The Morgan fingerprint density at radius 3 is 2.88 bits per heavy atom. The van der Waals surface area contributed by atoms with Gasteiger partial charge in [0.1, 0.15) is 12.2 Å². The first-order valence-electron chi connectivity index (χ1n) is 8.65. The van der Waals surface area contributed by atoms with E-state index in [1.165, 1.54) is 16.0 Å². The predicted molar refractivity (Wildman–Crippen MR) is 95.9 cm³/mol. The molecule has 1 amide bonds. The van der Waals surface area contributed by atoms with Crippen molar-refractivity contribution in [2.24, 2.45) is 11.8 Å². The Labute approximate surface area is 151 Å². The minimum atomic E-state index is -0.590. The Balaban J connectivity index is 1.89. The van der Waals surface area contributed by atoms with Crippen LogP contribution in [0.2, 0.25) is 0 Å². The molecular formula is C18H23N5OS. The molecule has 7 heteroatoms. The highest BCUT2D eigenvalue weighted by Crippen LogP contribution is 2.40. The number of rotatable bonds is 5. The number of hydrogen-bond acceptors (Lipinski definition) is 5. The van der Waals surface area contributed by atoms with Crippen LogP contribution < -0.4 is 5.32 Å². The molecule has 2 aromatic rings. The van der Waals surface area contributed by atoms with Gasteiger partial charge in [0.2, 0.25) is 0 Å². The van der Waals surface area contributed by atoms with Gasteiger partial charge in [-0.2, -0.15) is 16.6 Å². The summed E-state index contributed by atoms with van der Waals surface area (Å²) in [5, 5.41) is 24.2. The second-order valence-corrected chi connectivity index (χ2v) is 7.86. The number of aromatic nitrogens is 3. The first-order chi connectivity index (χ1) is 12.0. The van der Waals surface area contributed by atoms with Gasteiger partial charge in [-0.05, 0) is 43.0 Å². The molecule has 1 atom stereocenters. The van der Waals surface area contributed by atoms with Crippen LogP contribution in [0, 0.1) is 23.2 Å². The quantitative estimate of drug-likeness (QED) is 0.889. The topological polar surface area (TPSA) is 83.6 Å². The SMILES string of the molecule is CC1CCC([C@](C)(NC(=O)c2ccsc2)c2cn(CC#N)nn2)CC1.